The molecule has 0 atom stereocenters. The van der Waals surface area contributed by atoms with Crippen molar-refractivity contribution in [2.45, 2.75) is 0 Å². The molecule has 1 rings (SSSR count). The lowest BCUT2D eigenvalue weighted by molar-refractivity contribution is 0.0975. The molecule has 0 saturated carbocycles. The molecule has 0 aliphatic carbocycles. The van der Waals surface area contributed by atoms with Gasteiger partial charge in [-0.1, -0.05) is 0 Å². The van der Waals surface area contributed by atoms with Crippen LogP contribution in [0.4, 0.5) is 6.01 Å². The Hall–Kier alpha value is -1.52. The van der Waals surface area contributed by atoms with E-state index in [0.29, 0.717) is 0 Å². The number of nitrogens with zero attached hydrogens (tertiary/aromatic N) is 1. The van der Waals surface area contributed by atoms with Gasteiger partial charge in [0, 0.05) is 0 Å². The molecule has 48 valence electrons. The second-order valence-corrected chi connectivity index (χ2v) is 1.43. The molecule has 0 fully saturated rings. The second kappa shape index (κ2) is 1.77. The Morgan fingerprint density at radius 2 is 2.44 bits per heavy atom. The smallest absolute Gasteiger partial charge is 0.292 e. The van der Waals surface area contributed by atoms with Crippen molar-refractivity contribution in [2.75, 3.05) is 5.73 Å². The maximum atomic E-state index is 10.2. The van der Waals surface area contributed by atoms with Crippen LogP contribution in [-0.4, -0.2) is 10.9 Å². The van der Waals surface area contributed by atoms with Gasteiger partial charge in [0.05, 0.1) is 6.20 Å². The number of carbonyl (C=O) groups excluding carboxylic acids is 1. The van der Waals surface area contributed by atoms with Crippen molar-refractivity contribution in [2.24, 2.45) is 5.73 Å². The van der Waals surface area contributed by atoms with E-state index in [9.17, 15) is 4.79 Å². The van der Waals surface area contributed by atoms with Crippen LogP contribution in [-0.2, 0) is 0 Å². The molecule has 0 spiro atoms. The molecule has 0 saturated heterocycles. The standard InChI is InChI=1S/C4H5N3O2/c5-3(8)2-1-7-4(6)9-2/h1H,(H2,5,8)(H2,6,7). The quantitative estimate of drug-likeness (QED) is 0.524. The molecule has 0 unspecified atom stereocenters. The van der Waals surface area contributed by atoms with Crippen LogP contribution in [0, 0.1) is 0 Å². The van der Waals surface area contributed by atoms with Gasteiger partial charge in [0.1, 0.15) is 0 Å². The maximum absolute atomic E-state index is 10.2. The fourth-order valence-electron chi connectivity index (χ4n) is 0.402. The highest BCUT2D eigenvalue weighted by molar-refractivity contribution is 5.89. The Kier molecular flexibility index (Phi) is 1.11. The molecule has 1 heterocycles. The molecule has 1 aromatic heterocycles. The highest BCUT2D eigenvalue weighted by Crippen LogP contribution is 2.01. The van der Waals surface area contributed by atoms with E-state index in [1.807, 2.05) is 0 Å². The topological polar surface area (TPSA) is 95.1 Å². The number of oxazole rings is 1. The molecule has 5 nitrogen and oxygen atoms in total. The van der Waals surface area contributed by atoms with Crippen molar-refractivity contribution >= 4 is 11.9 Å². The van der Waals surface area contributed by atoms with Gasteiger partial charge in [0.2, 0.25) is 5.76 Å². The third-order valence-corrected chi connectivity index (χ3v) is 0.766. The lowest BCUT2D eigenvalue weighted by atomic mass is 10.5. The van der Waals surface area contributed by atoms with Crippen LogP contribution in [0.5, 0.6) is 0 Å². The molecule has 0 radical (unpaired) electrons. The number of hydrogen-bond donors (Lipinski definition) is 2. The summed E-state index contributed by atoms with van der Waals surface area (Å²) in [4.78, 5) is 13.7. The van der Waals surface area contributed by atoms with Crippen LogP contribution in [0.2, 0.25) is 0 Å². The van der Waals surface area contributed by atoms with Gasteiger partial charge in [-0.15, -0.1) is 0 Å². The first-order chi connectivity index (χ1) is 4.20. The van der Waals surface area contributed by atoms with Crippen LogP contribution in [0.15, 0.2) is 10.6 Å². The zero-order valence-corrected chi connectivity index (χ0v) is 4.50. The Balaban J connectivity index is 2.98. The van der Waals surface area contributed by atoms with E-state index in [1.54, 1.807) is 0 Å². The molecule has 0 aliphatic heterocycles. The van der Waals surface area contributed by atoms with Gasteiger partial charge in [0.15, 0.2) is 0 Å². The first-order valence-corrected chi connectivity index (χ1v) is 2.21. The molecular formula is C4H5N3O2. The van der Waals surface area contributed by atoms with Crippen molar-refractivity contribution < 1.29 is 9.21 Å². The molecule has 9 heavy (non-hydrogen) atoms. The predicted octanol–water partition coefficient (Wildman–Crippen LogP) is -0.644. The number of anilines is 1. The summed E-state index contributed by atoms with van der Waals surface area (Å²) in [6.07, 6.45) is 1.18. The normalized spacial score (nSPS) is 9.33. The lowest BCUT2D eigenvalue weighted by Crippen LogP contribution is -2.09. The van der Waals surface area contributed by atoms with E-state index in [0.717, 1.165) is 0 Å². The van der Waals surface area contributed by atoms with Crippen LogP contribution in [0.3, 0.4) is 0 Å². The van der Waals surface area contributed by atoms with E-state index in [1.165, 1.54) is 6.20 Å². The maximum Gasteiger partial charge on any atom is 0.292 e. The average molecular weight is 127 g/mol. The largest absolute Gasteiger partial charge is 0.418 e. The number of primary amides is 1. The summed E-state index contributed by atoms with van der Waals surface area (Å²) in [7, 11) is 0. The van der Waals surface area contributed by atoms with Crippen molar-refractivity contribution in [3.8, 4) is 0 Å². The highest BCUT2D eigenvalue weighted by atomic mass is 16.4. The fourth-order valence-corrected chi connectivity index (χ4v) is 0.402. The van der Waals surface area contributed by atoms with Crippen molar-refractivity contribution in [1.29, 1.82) is 0 Å². The minimum absolute atomic E-state index is 0.0208. The summed E-state index contributed by atoms with van der Waals surface area (Å²) < 4.78 is 4.54. The van der Waals surface area contributed by atoms with E-state index >= 15 is 0 Å². The molecule has 5 heteroatoms. The van der Waals surface area contributed by atoms with Crippen LogP contribution in [0.25, 0.3) is 0 Å². The lowest BCUT2D eigenvalue weighted by Gasteiger charge is -1.81. The second-order valence-electron chi connectivity index (χ2n) is 1.43. The molecule has 1 amide bonds. The number of nitrogen functional groups attached to an aromatic ring is 1. The van der Waals surface area contributed by atoms with E-state index in [4.69, 9.17) is 11.5 Å². The molecule has 4 N–H and O–H groups in total. The average Bonchev–Trinajstić information content (AvgIpc) is 2.14. The number of amides is 1. The molecular weight excluding hydrogens is 122 g/mol. The third kappa shape index (κ3) is 0.987. The third-order valence-electron chi connectivity index (χ3n) is 0.766. The number of rotatable bonds is 1. The van der Waals surface area contributed by atoms with E-state index < -0.39 is 5.91 Å². The van der Waals surface area contributed by atoms with E-state index in [2.05, 4.69) is 9.40 Å². The molecule has 0 bridgehead atoms. The van der Waals surface area contributed by atoms with Gasteiger partial charge >= 0.3 is 0 Å². The number of aromatic nitrogens is 1. The number of hydrogen-bond acceptors (Lipinski definition) is 4. The van der Waals surface area contributed by atoms with Gasteiger partial charge in [-0.3, -0.25) is 4.79 Å². The Labute approximate surface area is 50.7 Å². The van der Waals surface area contributed by atoms with E-state index in [-0.39, 0.29) is 11.8 Å². The number of nitrogens with two attached hydrogens (primary N) is 2. The van der Waals surface area contributed by atoms with Gasteiger partial charge < -0.3 is 15.9 Å². The first-order valence-electron chi connectivity index (χ1n) is 2.21. The highest BCUT2D eigenvalue weighted by Gasteiger charge is 2.04. The fraction of sp³-hybridized carbons (Fsp3) is 0. The Bertz CT molecular complexity index is 229. The van der Waals surface area contributed by atoms with Crippen molar-refractivity contribution in [1.82, 2.24) is 4.98 Å². The molecule has 0 aliphatic rings. The van der Waals surface area contributed by atoms with Crippen molar-refractivity contribution in [3.05, 3.63) is 12.0 Å². The first kappa shape index (κ1) is 5.61. The minimum Gasteiger partial charge on any atom is -0.418 e. The SMILES string of the molecule is NC(=O)c1cnc(N)o1. The minimum atomic E-state index is -0.667. The molecule has 0 aromatic carbocycles. The van der Waals surface area contributed by atoms with Gasteiger partial charge in [-0.05, 0) is 0 Å². The summed E-state index contributed by atoms with van der Waals surface area (Å²) >= 11 is 0. The van der Waals surface area contributed by atoms with Crippen LogP contribution < -0.4 is 11.5 Å². The van der Waals surface area contributed by atoms with Crippen LogP contribution in [0.1, 0.15) is 10.6 Å². The summed E-state index contributed by atoms with van der Waals surface area (Å²) in [5, 5.41) is 0. The van der Waals surface area contributed by atoms with Crippen LogP contribution >= 0.6 is 0 Å². The van der Waals surface area contributed by atoms with Gasteiger partial charge in [-0.2, -0.15) is 0 Å². The molecule has 1 aromatic rings. The van der Waals surface area contributed by atoms with Crippen molar-refractivity contribution in [3.63, 3.8) is 0 Å². The summed E-state index contributed by atoms with van der Waals surface area (Å²) in [6, 6.07) is -0.0520. The number of carbonyl (C=O) groups is 1. The Morgan fingerprint density at radius 3 is 2.67 bits per heavy atom. The monoisotopic (exact) mass is 127 g/mol. The summed E-state index contributed by atoms with van der Waals surface area (Å²) in [5.74, 6) is -0.688. The summed E-state index contributed by atoms with van der Waals surface area (Å²) in [5.41, 5.74) is 9.83. The van der Waals surface area contributed by atoms with Gasteiger partial charge in [-0.25, -0.2) is 4.98 Å². The Morgan fingerprint density at radius 1 is 1.78 bits per heavy atom. The zero-order chi connectivity index (χ0) is 6.85. The zero-order valence-electron chi connectivity index (χ0n) is 4.50. The predicted molar refractivity (Wildman–Crippen MR) is 29.4 cm³/mol. The summed E-state index contributed by atoms with van der Waals surface area (Å²) in [6.45, 7) is 0. The van der Waals surface area contributed by atoms with Gasteiger partial charge in [0.25, 0.3) is 11.9 Å².